The number of rotatable bonds is 8. The maximum atomic E-state index is 10.7. The third-order valence-electron chi connectivity index (χ3n) is 4.05. The number of likely N-dealkylation sites (N-methyl/N-ethyl adjacent to an activating group) is 1. The number of hydrogen-bond donors (Lipinski definition) is 2. The summed E-state index contributed by atoms with van der Waals surface area (Å²) in [6.45, 7) is 3.48. The fourth-order valence-electron chi connectivity index (χ4n) is 2.59. The summed E-state index contributed by atoms with van der Waals surface area (Å²) in [5.74, 6) is 0.606. The van der Waals surface area contributed by atoms with Gasteiger partial charge in [0.05, 0.1) is 17.2 Å². The van der Waals surface area contributed by atoms with Gasteiger partial charge in [-0.1, -0.05) is 0 Å². The van der Waals surface area contributed by atoms with Crippen molar-refractivity contribution in [2.45, 2.75) is 6.92 Å². The molecule has 0 saturated carbocycles. The minimum absolute atomic E-state index is 0.00671. The average Bonchev–Trinajstić information content (AvgIpc) is 3.20. The molecule has 28 heavy (non-hydrogen) atoms. The highest BCUT2D eigenvalue weighted by atomic mass is 16.6. The Balaban J connectivity index is 1.69. The highest BCUT2D eigenvalue weighted by molar-refractivity contribution is 5.58. The first-order valence-electron chi connectivity index (χ1n) is 8.65. The Morgan fingerprint density at radius 2 is 1.86 bits per heavy atom. The summed E-state index contributed by atoms with van der Waals surface area (Å²) in [4.78, 5) is 16.5. The fraction of sp³-hybridized carbons (Fsp3) is 0.222. The molecule has 0 aliphatic carbocycles. The normalized spacial score (nSPS) is 11.1. The summed E-state index contributed by atoms with van der Waals surface area (Å²) < 4.78 is 0. The first-order chi connectivity index (χ1) is 13.6. The molecule has 0 spiro atoms. The maximum Gasteiger partial charge on any atom is 0.287 e. The van der Waals surface area contributed by atoms with Gasteiger partial charge in [0.25, 0.3) is 11.6 Å². The monoisotopic (exact) mass is 381 g/mol. The molecule has 10 heteroatoms. The highest BCUT2D eigenvalue weighted by Crippen LogP contribution is 2.23. The summed E-state index contributed by atoms with van der Waals surface area (Å²) >= 11 is 0. The molecule has 144 valence electrons. The molecular formula is C18H19N7O3. The minimum atomic E-state index is -0.460. The molecule has 0 saturated heterocycles. The topological polar surface area (TPSA) is 133 Å². The van der Waals surface area contributed by atoms with Gasteiger partial charge in [-0.25, -0.2) is 0 Å². The molecule has 1 heterocycles. The number of non-ortho nitro benzene ring substituents is 1. The molecule has 3 rings (SSSR count). The molecular weight excluding hydrogens is 362 g/mol. The van der Waals surface area contributed by atoms with E-state index in [1.807, 2.05) is 36.1 Å². The molecule has 0 unspecified atom stereocenters. The van der Waals surface area contributed by atoms with Gasteiger partial charge >= 0.3 is 0 Å². The van der Waals surface area contributed by atoms with Gasteiger partial charge in [0.15, 0.2) is 5.82 Å². The number of aliphatic hydroxyl groups excluding tert-OH is 1. The summed E-state index contributed by atoms with van der Waals surface area (Å²) in [5.41, 5.74) is 2.30. The molecule has 2 aromatic carbocycles. The zero-order valence-electron chi connectivity index (χ0n) is 15.2. The van der Waals surface area contributed by atoms with Crippen molar-refractivity contribution in [3.63, 3.8) is 0 Å². The first-order valence-corrected chi connectivity index (χ1v) is 8.65. The van der Waals surface area contributed by atoms with Crippen molar-refractivity contribution in [2.75, 3.05) is 24.6 Å². The van der Waals surface area contributed by atoms with Crippen molar-refractivity contribution >= 4 is 23.0 Å². The maximum absolute atomic E-state index is 10.7. The summed E-state index contributed by atoms with van der Waals surface area (Å²) in [6.07, 6.45) is 0. The molecule has 0 bridgehead atoms. The Kier molecular flexibility index (Phi) is 6.02. The van der Waals surface area contributed by atoms with Crippen LogP contribution in [0.3, 0.4) is 0 Å². The lowest BCUT2D eigenvalue weighted by atomic mass is 10.2. The van der Waals surface area contributed by atoms with E-state index in [0.29, 0.717) is 23.6 Å². The quantitative estimate of drug-likeness (QED) is 0.348. The number of azo groups is 1. The second-order valence-corrected chi connectivity index (χ2v) is 5.81. The Bertz CT molecular complexity index is 952. The van der Waals surface area contributed by atoms with Crippen molar-refractivity contribution in [3.05, 3.63) is 58.6 Å². The number of nitro groups is 1. The van der Waals surface area contributed by atoms with Crippen LogP contribution in [0.5, 0.6) is 0 Å². The molecule has 0 aliphatic heterocycles. The number of benzene rings is 2. The number of nitro benzene ring substituents is 1. The number of aromatic nitrogens is 3. The van der Waals surface area contributed by atoms with Crippen LogP contribution in [0.25, 0.3) is 11.4 Å². The molecule has 1 aromatic heterocycles. The number of aliphatic hydroxyl groups is 1. The first kappa shape index (κ1) is 19.1. The van der Waals surface area contributed by atoms with E-state index in [2.05, 4.69) is 25.4 Å². The molecule has 2 N–H and O–H groups in total. The van der Waals surface area contributed by atoms with Crippen molar-refractivity contribution in [2.24, 2.45) is 10.2 Å². The van der Waals surface area contributed by atoms with E-state index in [0.717, 1.165) is 12.2 Å². The zero-order chi connectivity index (χ0) is 19.9. The summed E-state index contributed by atoms with van der Waals surface area (Å²) in [5, 5.41) is 34.6. The molecule has 0 amide bonds. The van der Waals surface area contributed by atoms with Crippen LogP contribution in [0.2, 0.25) is 0 Å². The van der Waals surface area contributed by atoms with Gasteiger partial charge in [-0.05, 0) is 43.3 Å². The number of hydrogen-bond acceptors (Lipinski definition) is 8. The predicted octanol–water partition coefficient (Wildman–Crippen LogP) is 3.61. The Morgan fingerprint density at radius 1 is 1.14 bits per heavy atom. The van der Waals surface area contributed by atoms with Gasteiger partial charge < -0.3 is 10.0 Å². The van der Waals surface area contributed by atoms with E-state index >= 15 is 0 Å². The molecule has 3 aromatic rings. The van der Waals surface area contributed by atoms with Crippen LogP contribution in [-0.4, -0.2) is 44.9 Å². The number of H-pyrrole nitrogens is 1. The van der Waals surface area contributed by atoms with E-state index in [9.17, 15) is 10.1 Å². The van der Waals surface area contributed by atoms with Gasteiger partial charge in [0.2, 0.25) is 0 Å². The fourth-order valence-corrected chi connectivity index (χ4v) is 2.59. The van der Waals surface area contributed by atoms with E-state index < -0.39 is 4.92 Å². The van der Waals surface area contributed by atoms with E-state index in [4.69, 9.17) is 5.11 Å². The lowest BCUT2D eigenvalue weighted by Crippen LogP contribution is -2.25. The Labute approximate surface area is 160 Å². The van der Waals surface area contributed by atoms with Crippen molar-refractivity contribution < 1.29 is 10.0 Å². The molecule has 10 nitrogen and oxygen atoms in total. The number of aromatic amines is 1. The lowest BCUT2D eigenvalue weighted by Gasteiger charge is -2.21. The molecule has 0 radical (unpaired) electrons. The van der Waals surface area contributed by atoms with Crippen LogP contribution >= 0.6 is 0 Å². The molecule has 0 fully saturated rings. The van der Waals surface area contributed by atoms with E-state index in [1.54, 1.807) is 12.1 Å². The van der Waals surface area contributed by atoms with Crippen LogP contribution in [0.4, 0.5) is 23.0 Å². The van der Waals surface area contributed by atoms with Crippen LogP contribution in [-0.2, 0) is 0 Å². The standard InChI is InChI=1S/C18H19N7O3/c1-2-24(11-12-26)15-9-5-14(6-10-15)20-22-18-19-17(21-23-18)13-3-7-16(8-4-13)25(27)28/h3-10,26H,2,11-12H2,1H3,(H,19,21,23). The third kappa shape index (κ3) is 4.54. The van der Waals surface area contributed by atoms with Gasteiger partial charge in [-0.15, -0.1) is 15.3 Å². The third-order valence-corrected chi connectivity index (χ3v) is 4.05. The van der Waals surface area contributed by atoms with Crippen LogP contribution in [0, 0.1) is 10.1 Å². The van der Waals surface area contributed by atoms with Gasteiger partial charge in [-0.2, -0.15) is 4.98 Å². The van der Waals surface area contributed by atoms with Crippen LogP contribution in [0.15, 0.2) is 58.8 Å². The average molecular weight is 381 g/mol. The van der Waals surface area contributed by atoms with Crippen molar-refractivity contribution in [3.8, 4) is 11.4 Å². The van der Waals surface area contributed by atoms with Gasteiger partial charge in [0.1, 0.15) is 0 Å². The second-order valence-electron chi connectivity index (χ2n) is 5.81. The van der Waals surface area contributed by atoms with Crippen LogP contribution in [0.1, 0.15) is 6.92 Å². The van der Waals surface area contributed by atoms with Crippen LogP contribution < -0.4 is 4.90 Å². The molecule has 0 aliphatic rings. The van der Waals surface area contributed by atoms with Crippen molar-refractivity contribution in [1.29, 1.82) is 0 Å². The second kappa shape index (κ2) is 8.82. The Morgan fingerprint density at radius 3 is 2.46 bits per heavy atom. The SMILES string of the molecule is CCN(CCO)c1ccc(N=Nc2n[nH]c(-c3ccc([N+](=O)[O-])cc3)n2)cc1. The number of nitrogens with zero attached hydrogens (tertiary/aromatic N) is 6. The lowest BCUT2D eigenvalue weighted by molar-refractivity contribution is -0.384. The largest absolute Gasteiger partial charge is 0.395 e. The summed E-state index contributed by atoms with van der Waals surface area (Å²) in [7, 11) is 0. The number of nitrogens with one attached hydrogen (secondary N) is 1. The Hall–Kier alpha value is -3.66. The zero-order valence-corrected chi connectivity index (χ0v) is 15.2. The van der Waals surface area contributed by atoms with E-state index in [-0.39, 0.29) is 18.2 Å². The van der Waals surface area contributed by atoms with Gasteiger partial charge in [0, 0.05) is 36.5 Å². The van der Waals surface area contributed by atoms with E-state index in [1.165, 1.54) is 12.1 Å². The highest BCUT2D eigenvalue weighted by Gasteiger charge is 2.09. The molecule has 0 atom stereocenters. The minimum Gasteiger partial charge on any atom is -0.395 e. The van der Waals surface area contributed by atoms with Crippen molar-refractivity contribution in [1.82, 2.24) is 15.2 Å². The number of anilines is 1. The predicted molar refractivity (Wildman–Crippen MR) is 104 cm³/mol. The smallest absolute Gasteiger partial charge is 0.287 e. The van der Waals surface area contributed by atoms with Gasteiger partial charge in [-0.3, -0.25) is 15.2 Å². The summed E-state index contributed by atoms with van der Waals surface area (Å²) in [6, 6.07) is 13.4.